The summed E-state index contributed by atoms with van der Waals surface area (Å²) in [7, 11) is 0. The van der Waals surface area contributed by atoms with Crippen LogP contribution in [0.4, 0.5) is 4.79 Å². The molecule has 4 nitrogen and oxygen atoms in total. The number of carbonyl (C=O) groups is 2. The Hall–Kier alpha value is -2.04. The molecular weight excluding hydrogens is 335 g/mol. The number of halogens is 2. The number of hydrogen-bond donors (Lipinski definition) is 1. The van der Waals surface area contributed by atoms with Gasteiger partial charge in [0.05, 0.1) is 6.54 Å². The molecule has 2 aromatic rings. The predicted octanol–water partition coefficient (Wildman–Crippen LogP) is 3.96. The van der Waals surface area contributed by atoms with Crippen molar-refractivity contribution in [1.29, 1.82) is 0 Å². The number of nitrogens with zero attached hydrogens (tertiary/aromatic N) is 1. The Morgan fingerprint density at radius 1 is 1.04 bits per heavy atom. The molecule has 1 atom stereocenters. The van der Waals surface area contributed by atoms with Crippen LogP contribution in [0.5, 0.6) is 0 Å². The first-order chi connectivity index (χ1) is 10.9. The molecule has 0 aromatic heterocycles. The Balaban J connectivity index is 1.90. The minimum atomic E-state index is -1.11. The molecular formula is C17H14Cl2N2O2. The van der Waals surface area contributed by atoms with Crippen molar-refractivity contribution < 1.29 is 9.59 Å². The van der Waals surface area contributed by atoms with Crippen LogP contribution in [-0.4, -0.2) is 16.8 Å². The maximum absolute atomic E-state index is 12.8. The highest BCUT2D eigenvalue weighted by atomic mass is 35.5. The molecule has 3 amide bonds. The maximum Gasteiger partial charge on any atom is 0.325 e. The highest BCUT2D eigenvalue weighted by Gasteiger charge is 2.48. The van der Waals surface area contributed by atoms with E-state index in [0.717, 1.165) is 5.56 Å². The van der Waals surface area contributed by atoms with Crippen molar-refractivity contribution in [3.63, 3.8) is 0 Å². The molecule has 0 unspecified atom stereocenters. The zero-order chi connectivity index (χ0) is 16.6. The molecule has 6 heteroatoms. The van der Waals surface area contributed by atoms with E-state index in [1.807, 2.05) is 6.07 Å². The van der Waals surface area contributed by atoms with Crippen LogP contribution in [0, 0.1) is 0 Å². The van der Waals surface area contributed by atoms with Crippen LogP contribution in [0.15, 0.2) is 48.5 Å². The molecule has 1 saturated heterocycles. The van der Waals surface area contributed by atoms with Crippen LogP contribution in [0.1, 0.15) is 18.1 Å². The number of carbonyl (C=O) groups excluding carboxylic acids is 2. The van der Waals surface area contributed by atoms with Crippen LogP contribution in [-0.2, 0) is 16.9 Å². The lowest BCUT2D eigenvalue weighted by atomic mass is 9.92. The third-order valence-corrected chi connectivity index (χ3v) is 4.60. The van der Waals surface area contributed by atoms with E-state index in [1.54, 1.807) is 49.4 Å². The molecule has 0 bridgehead atoms. The molecule has 2 aromatic carbocycles. The second-order valence-electron chi connectivity index (χ2n) is 5.54. The van der Waals surface area contributed by atoms with Gasteiger partial charge in [0.1, 0.15) is 5.54 Å². The van der Waals surface area contributed by atoms with Gasteiger partial charge >= 0.3 is 6.03 Å². The molecule has 1 heterocycles. The van der Waals surface area contributed by atoms with E-state index in [9.17, 15) is 9.59 Å². The van der Waals surface area contributed by atoms with Crippen molar-refractivity contribution in [2.24, 2.45) is 0 Å². The average Bonchev–Trinajstić information content (AvgIpc) is 2.74. The molecule has 3 rings (SSSR count). The highest BCUT2D eigenvalue weighted by Crippen LogP contribution is 2.31. The van der Waals surface area contributed by atoms with E-state index in [0.29, 0.717) is 15.6 Å². The second-order valence-corrected chi connectivity index (χ2v) is 6.39. The zero-order valence-electron chi connectivity index (χ0n) is 12.3. The molecule has 1 aliphatic rings. The molecule has 23 heavy (non-hydrogen) atoms. The van der Waals surface area contributed by atoms with Gasteiger partial charge < -0.3 is 5.32 Å². The predicted molar refractivity (Wildman–Crippen MR) is 89.3 cm³/mol. The number of nitrogens with one attached hydrogen (secondary N) is 1. The summed E-state index contributed by atoms with van der Waals surface area (Å²) < 4.78 is 0. The molecule has 118 valence electrons. The van der Waals surface area contributed by atoms with Gasteiger partial charge in [0.2, 0.25) is 0 Å². The fourth-order valence-corrected chi connectivity index (χ4v) is 2.94. The van der Waals surface area contributed by atoms with E-state index in [2.05, 4.69) is 5.32 Å². The monoisotopic (exact) mass is 348 g/mol. The topological polar surface area (TPSA) is 49.4 Å². The van der Waals surface area contributed by atoms with Gasteiger partial charge in [-0.15, -0.1) is 0 Å². The van der Waals surface area contributed by atoms with Crippen molar-refractivity contribution in [3.05, 3.63) is 69.7 Å². The average molecular weight is 349 g/mol. The summed E-state index contributed by atoms with van der Waals surface area (Å²) in [5.74, 6) is -0.315. The number of hydrogen-bond acceptors (Lipinski definition) is 2. The summed E-state index contributed by atoms with van der Waals surface area (Å²) >= 11 is 12.0. The van der Waals surface area contributed by atoms with Crippen LogP contribution in [0.25, 0.3) is 0 Å². The van der Waals surface area contributed by atoms with E-state index < -0.39 is 11.6 Å². The summed E-state index contributed by atoms with van der Waals surface area (Å²) in [4.78, 5) is 26.3. The van der Waals surface area contributed by atoms with Gasteiger partial charge in [0.25, 0.3) is 5.91 Å². The van der Waals surface area contributed by atoms with Gasteiger partial charge in [0, 0.05) is 10.0 Å². The Bertz CT molecular complexity index is 776. The van der Waals surface area contributed by atoms with E-state index in [1.165, 1.54) is 4.90 Å². The second kappa shape index (κ2) is 5.87. The molecule has 0 aliphatic carbocycles. The lowest BCUT2D eigenvalue weighted by molar-refractivity contribution is -0.131. The molecule has 1 fully saturated rings. The minimum absolute atomic E-state index is 0.132. The molecule has 1 aliphatic heterocycles. The molecule has 0 spiro atoms. The summed E-state index contributed by atoms with van der Waals surface area (Å²) in [6.45, 7) is 1.82. The first-order valence-corrected chi connectivity index (χ1v) is 7.81. The van der Waals surface area contributed by atoms with Crippen molar-refractivity contribution in [1.82, 2.24) is 10.2 Å². The van der Waals surface area contributed by atoms with E-state index in [4.69, 9.17) is 23.2 Å². The molecule has 0 saturated carbocycles. The summed E-state index contributed by atoms with van der Waals surface area (Å²) in [5.41, 5.74) is 0.295. The summed E-state index contributed by atoms with van der Waals surface area (Å²) in [6.07, 6.45) is 0. The van der Waals surface area contributed by atoms with E-state index in [-0.39, 0.29) is 12.5 Å². The Morgan fingerprint density at radius 3 is 2.35 bits per heavy atom. The minimum Gasteiger partial charge on any atom is -0.319 e. The smallest absolute Gasteiger partial charge is 0.319 e. The normalized spacial score (nSPS) is 20.7. The largest absolute Gasteiger partial charge is 0.325 e. The molecule has 0 radical (unpaired) electrons. The molecule has 1 N–H and O–H groups in total. The number of urea groups is 1. The van der Waals surface area contributed by atoms with Crippen LogP contribution in [0.2, 0.25) is 10.0 Å². The Labute approximate surface area is 144 Å². The summed E-state index contributed by atoms with van der Waals surface area (Å²) in [5, 5.41) is 3.85. The van der Waals surface area contributed by atoms with Gasteiger partial charge in [-0.05, 0) is 36.2 Å². The number of rotatable bonds is 3. The third-order valence-electron chi connectivity index (χ3n) is 3.98. The fourth-order valence-electron chi connectivity index (χ4n) is 2.62. The van der Waals surface area contributed by atoms with Gasteiger partial charge in [-0.1, -0.05) is 53.5 Å². The van der Waals surface area contributed by atoms with Crippen molar-refractivity contribution in [2.75, 3.05) is 0 Å². The standard InChI is InChI=1S/C17H14Cl2N2O2/c1-17(12-6-8-13(18)9-7-12)15(22)21(16(23)20-17)10-11-4-2-3-5-14(11)19/h2-9H,10H2,1H3,(H,20,23)/t17-/m1/s1. The fraction of sp³-hybridized carbons (Fsp3) is 0.176. The highest BCUT2D eigenvalue weighted by molar-refractivity contribution is 6.31. The van der Waals surface area contributed by atoms with Gasteiger partial charge in [0.15, 0.2) is 0 Å². The van der Waals surface area contributed by atoms with Crippen LogP contribution >= 0.6 is 23.2 Å². The van der Waals surface area contributed by atoms with Gasteiger partial charge in [-0.2, -0.15) is 0 Å². The SMILES string of the molecule is C[C@]1(c2ccc(Cl)cc2)NC(=O)N(Cc2ccccc2Cl)C1=O. The first kappa shape index (κ1) is 15.8. The van der Waals surface area contributed by atoms with E-state index >= 15 is 0 Å². The number of amides is 3. The lowest BCUT2D eigenvalue weighted by Crippen LogP contribution is -2.40. The van der Waals surface area contributed by atoms with Crippen LogP contribution in [0.3, 0.4) is 0 Å². The van der Waals surface area contributed by atoms with Crippen molar-refractivity contribution in [3.8, 4) is 0 Å². The van der Waals surface area contributed by atoms with Gasteiger partial charge in [-0.3, -0.25) is 9.69 Å². The Kier molecular flexibility index (Phi) is 4.04. The first-order valence-electron chi connectivity index (χ1n) is 7.05. The lowest BCUT2D eigenvalue weighted by Gasteiger charge is -2.22. The van der Waals surface area contributed by atoms with Crippen molar-refractivity contribution >= 4 is 35.1 Å². The van der Waals surface area contributed by atoms with Crippen molar-refractivity contribution in [2.45, 2.75) is 19.0 Å². The number of benzene rings is 2. The zero-order valence-corrected chi connectivity index (χ0v) is 13.9. The quantitative estimate of drug-likeness (QED) is 0.853. The number of imide groups is 1. The van der Waals surface area contributed by atoms with Gasteiger partial charge in [-0.25, -0.2) is 4.79 Å². The maximum atomic E-state index is 12.8. The Morgan fingerprint density at radius 2 is 1.70 bits per heavy atom. The van der Waals surface area contributed by atoms with Crippen LogP contribution < -0.4 is 5.32 Å². The summed E-state index contributed by atoms with van der Waals surface area (Å²) in [6, 6.07) is 13.6. The third kappa shape index (κ3) is 2.80.